The molecule has 3 rings (SSSR count). The van der Waals surface area contributed by atoms with Crippen molar-refractivity contribution in [2.75, 3.05) is 7.05 Å². The molecule has 128 valence electrons. The first kappa shape index (κ1) is 17.1. The van der Waals surface area contributed by atoms with Crippen LogP contribution in [0.5, 0.6) is 0 Å². The summed E-state index contributed by atoms with van der Waals surface area (Å²) in [6, 6.07) is 11.7. The number of hydrogen-bond acceptors (Lipinski definition) is 5. The SMILES string of the molecule is CNCc1cc(-c2ccccc2C=O)n(S(=O)(=O)c2cccnc2)c1. The molecule has 0 aliphatic heterocycles. The quantitative estimate of drug-likeness (QED) is 0.686. The van der Waals surface area contributed by atoms with Gasteiger partial charge >= 0.3 is 0 Å². The lowest BCUT2D eigenvalue weighted by Gasteiger charge is -2.11. The molecule has 0 unspecified atom stereocenters. The minimum atomic E-state index is -3.83. The molecule has 25 heavy (non-hydrogen) atoms. The monoisotopic (exact) mass is 355 g/mol. The van der Waals surface area contributed by atoms with Gasteiger partial charge in [0.1, 0.15) is 4.90 Å². The second kappa shape index (κ2) is 7.00. The third kappa shape index (κ3) is 3.24. The minimum absolute atomic E-state index is 0.0893. The maximum absolute atomic E-state index is 13.1. The number of nitrogens with one attached hydrogen (secondary N) is 1. The van der Waals surface area contributed by atoms with Gasteiger partial charge in [-0.15, -0.1) is 0 Å². The van der Waals surface area contributed by atoms with Gasteiger partial charge in [0.15, 0.2) is 6.29 Å². The van der Waals surface area contributed by atoms with Crippen molar-refractivity contribution in [2.24, 2.45) is 0 Å². The second-order valence-corrected chi connectivity index (χ2v) is 7.27. The van der Waals surface area contributed by atoms with Crippen molar-refractivity contribution >= 4 is 16.3 Å². The van der Waals surface area contributed by atoms with Crippen LogP contribution in [0.4, 0.5) is 0 Å². The summed E-state index contributed by atoms with van der Waals surface area (Å²) in [5.74, 6) is 0. The molecule has 0 saturated carbocycles. The molecule has 0 bridgehead atoms. The molecular weight excluding hydrogens is 338 g/mol. The van der Waals surface area contributed by atoms with Crippen LogP contribution in [0, 0.1) is 0 Å². The molecule has 1 N–H and O–H groups in total. The maximum Gasteiger partial charge on any atom is 0.269 e. The smallest absolute Gasteiger partial charge is 0.269 e. The molecule has 0 amide bonds. The van der Waals surface area contributed by atoms with Gasteiger partial charge in [-0.05, 0) is 30.8 Å². The Hall–Kier alpha value is -2.77. The molecule has 7 heteroatoms. The molecular formula is C18H17N3O3S. The zero-order valence-electron chi connectivity index (χ0n) is 13.6. The van der Waals surface area contributed by atoms with E-state index >= 15 is 0 Å². The lowest BCUT2D eigenvalue weighted by Crippen LogP contribution is -2.14. The van der Waals surface area contributed by atoms with Crippen LogP contribution in [0.3, 0.4) is 0 Å². The van der Waals surface area contributed by atoms with Crippen molar-refractivity contribution in [3.63, 3.8) is 0 Å². The first-order valence-corrected chi connectivity index (χ1v) is 9.08. The molecule has 0 aliphatic carbocycles. The van der Waals surface area contributed by atoms with E-state index in [-0.39, 0.29) is 4.90 Å². The van der Waals surface area contributed by atoms with Crippen molar-refractivity contribution in [3.8, 4) is 11.3 Å². The maximum atomic E-state index is 13.1. The molecule has 6 nitrogen and oxygen atoms in total. The summed E-state index contributed by atoms with van der Waals surface area (Å²) in [7, 11) is -2.05. The highest BCUT2D eigenvalue weighted by atomic mass is 32.2. The number of pyridine rings is 1. The number of rotatable bonds is 6. The lowest BCUT2D eigenvalue weighted by molar-refractivity contribution is 0.112. The topological polar surface area (TPSA) is 81.1 Å². The summed E-state index contributed by atoms with van der Waals surface area (Å²) in [4.78, 5) is 15.4. The van der Waals surface area contributed by atoms with E-state index in [4.69, 9.17) is 0 Å². The average Bonchev–Trinajstić information content (AvgIpc) is 3.07. The van der Waals surface area contributed by atoms with E-state index in [1.165, 1.54) is 22.4 Å². The third-order valence-corrected chi connectivity index (χ3v) is 5.44. The van der Waals surface area contributed by atoms with Crippen molar-refractivity contribution in [2.45, 2.75) is 11.4 Å². The Balaban J connectivity index is 2.25. The van der Waals surface area contributed by atoms with Crippen LogP contribution in [0.2, 0.25) is 0 Å². The van der Waals surface area contributed by atoms with Crippen molar-refractivity contribution in [1.82, 2.24) is 14.3 Å². The molecule has 0 aliphatic rings. The zero-order valence-corrected chi connectivity index (χ0v) is 14.4. The lowest BCUT2D eigenvalue weighted by atomic mass is 10.1. The van der Waals surface area contributed by atoms with Gasteiger partial charge in [-0.25, -0.2) is 12.4 Å². The minimum Gasteiger partial charge on any atom is -0.316 e. The van der Waals surface area contributed by atoms with E-state index < -0.39 is 10.0 Å². The number of carbonyl (C=O) groups is 1. The Morgan fingerprint density at radius 2 is 2.00 bits per heavy atom. The number of hydrogen-bond donors (Lipinski definition) is 1. The highest BCUT2D eigenvalue weighted by Gasteiger charge is 2.23. The summed E-state index contributed by atoms with van der Waals surface area (Å²) in [5, 5.41) is 3.01. The summed E-state index contributed by atoms with van der Waals surface area (Å²) < 4.78 is 27.3. The number of benzene rings is 1. The van der Waals surface area contributed by atoms with Gasteiger partial charge < -0.3 is 5.32 Å². The molecule has 0 saturated heterocycles. The second-order valence-electron chi connectivity index (χ2n) is 5.46. The van der Waals surface area contributed by atoms with Crippen LogP contribution in [-0.2, 0) is 16.6 Å². The van der Waals surface area contributed by atoms with Crippen LogP contribution in [0.15, 0.2) is 66.0 Å². The van der Waals surface area contributed by atoms with E-state index in [1.54, 1.807) is 49.6 Å². The van der Waals surface area contributed by atoms with Gasteiger partial charge in [0, 0.05) is 36.3 Å². The van der Waals surface area contributed by atoms with Crippen molar-refractivity contribution in [3.05, 3.63) is 72.2 Å². The van der Waals surface area contributed by atoms with Gasteiger partial charge in [0.05, 0.1) is 5.69 Å². The molecule has 0 spiro atoms. The molecule has 2 aromatic heterocycles. The Morgan fingerprint density at radius 3 is 2.68 bits per heavy atom. The predicted octanol–water partition coefficient (Wildman–Crippen LogP) is 2.32. The summed E-state index contributed by atoms with van der Waals surface area (Å²) >= 11 is 0. The molecule has 0 atom stereocenters. The van der Waals surface area contributed by atoms with Crippen LogP contribution in [0.1, 0.15) is 15.9 Å². The summed E-state index contributed by atoms with van der Waals surface area (Å²) in [6.45, 7) is 0.506. The normalized spacial score (nSPS) is 11.4. The molecule has 0 radical (unpaired) electrons. The first-order chi connectivity index (χ1) is 12.1. The fraction of sp³-hybridized carbons (Fsp3) is 0.111. The van der Waals surface area contributed by atoms with Crippen LogP contribution < -0.4 is 5.32 Å². The number of carbonyl (C=O) groups excluding carboxylic acids is 1. The fourth-order valence-corrected chi connectivity index (χ4v) is 3.99. The fourth-order valence-electron chi connectivity index (χ4n) is 2.64. The van der Waals surface area contributed by atoms with Gasteiger partial charge in [-0.1, -0.05) is 24.3 Å². The van der Waals surface area contributed by atoms with E-state index in [1.807, 2.05) is 0 Å². The van der Waals surface area contributed by atoms with Gasteiger partial charge in [0.2, 0.25) is 0 Å². The van der Waals surface area contributed by atoms with Crippen LogP contribution in [0.25, 0.3) is 11.3 Å². The van der Waals surface area contributed by atoms with E-state index in [0.29, 0.717) is 23.4 Å². The van der Waals surface area contributed by atoms with Crippen molar-refractivity contribution in [1.29, 1.82) is 0 Å². The molecule has 3 aromatic rings. The van der Waals surface area contributed by atoms with E-state index in [9.17, 15) is 13.2 Å². The van der Waals surface area contributed by atoms with Gasteiger partial charge in [0.25, 0.3) is 10.0 Å². The third-order valence-electron chi connectivity index (χ3n) is 3.78. The van der Waals surface area contributed by atoms with Crippen molar-refractivity contribution < 1.29 is 13.2 Å². The number of nitrogens with zero attached hydrogens (tertiary/aromatic N) is 2. The van der Waals surface area contributed by atoms with E-state index in [2.05, 4.69) is 10.3 Å². The number of aromatic nitrogens is 2. The Morgan fingerprint density at radius 1 is 1.20 bits per heavy atom. The summed E-state index contributed by atoms with van der Waals surface area (Å²) in [6.07, 6.45) is 5.11. The Kier molecular flexibility index (Phi) is 4.78. The van der Waals surface area contributed by atoms with Gasteiger partial charge in [-0.2, -0.15) is 0 Å². The number of aldehydes is 1. The first-order valence-electron chi connectivity index (χ1n) is 7.64. The standard InChI is InChI=1S/C18H17N3O3S/c1-19-10-14-9-18(17-7-3-2-5-15(17)13-22)21(12-14)25(23,24)16-6-4-8-20-11-16/h2-9,11-13,19H,10H2,1H3. The molecule has 1 aromatic carbocycles. The highest BCUT2D eigenvalue weighted by Crippen LogP contribution is 2.29. The van der Waals surface area contributed by atoms with Crippen LogP contribution >= 0.6 is 0 Å². The van der Waals surface area contributed by atoms with E-state index in [0.717, 1.165) is 11.8 Å². The van der Waals surface area contributed by atoms with Gasteiger partial charge in [-0.3, -0.25) is 9.78 Å². The molecule has 2 heterocycles. The zero-order chi connectivity index (χ0) is 17.9. The highest BCUT2D eigenvalue weighted by molar-refractivity contribution is 7.90. The average molecular weight is 355 g/mol. The summed E-state index contributed by atoms with van der Waals surface area (Å²) in [5.41, 5.74) is 2.23. The Bertz CT molecular complexity index is 995. The predicted molar refractivity (Wildman–Crippen MR) is 94.8 cm³/mol. The molecule has 0 fully saturated rings. The largest absolute Gasteiger partial charge is 0.316 e. The van der Waals surface area contributed by atoms with Crippen LogP contribution in [-0.4, -0.2) is 30.7 Å². The Labute approximate surface area is 146 Å².